The smallest absolute Gasteiger partial charge is 0.321 e. The van der Waals surface area contributed by atoms with E-state index in [1.54, 1.807) is 0 Å². The van der Waals surface area contributed by atoms with Crippen LogP contribution >= 0.6 is 0 Å². The number of carbonyl (C=O) groups is 1. The van der Waals surface area contributed by atoms with Crippen LogP contribution in [0.25, 0.3) is 0 Å². The molecule has 6 nitrogen and oxygen atoms in total. The molecule has 122 valence electrons. The fourth-order valence-corrected chi connectivity index (χ4v) is 3.40. The third-order valence-corrected chi connectivity index (χ3v) is 5.87. The Kier molecular flexibility index (Phi) is 4.49. The van der Waals surface area contributed by atoms with E-state index < -0.39 is 26.7 Å². The minimum Gasteiger partial charge on any atom is -0.486 e. The molecule has 2 rings (SSSR count). The second-order valence-electron chi connectivity index (χ2n) is 6.06. The minimum absolute atomic E-state index is 0.224. The molecule has 0 spiro atoms. The van der Waals surface area contributed by atoms with Crippen molar-refractivity contribution in [2.24, 2.45) is 0 Å². The molecule has 1 heterocycles. The fourth-order valence-electron chi connectivity index (χ4n) is 2.41. The van der Waals surface area contributed by atoms with Crippen molar-refractivity contribution in [1.29, 1.82) is 0 Å². The zero-order valence-electron chi connectivity index (χ0n) is 12.9. The SMILES string of the molecule is CC(C(=O)O)S(=O)(=O)CNC1Cc2ccccc2OC1(C)C. The molecule has 2 N–H and O–H groups in total. The number of aliphatic carboxylic acids is 1. The van der Waals surface area contributed by atoms with Gasteiger partial charge >= 0.3 is 5.97 Å². The maximum absolute atomic E-state index is 12.0. The van der Waals surface area contributed by atoms with Crippen LogP contribution < -0.4 is 10.1 Å². The molecule has 1 aromatic rings. The number of hydrogen-bond acceptors (Lipinski definition) is 5. The van der Waals surface area contributed by atoms with Crippen molar-refractivity contribution in [2.45, 2.75) is 44.1 Å². The quantitative estimate of drug-likeness (QED) is 0.844. The highest BCUT2D eigenvalue weighted by Gasteiger charge is 2.38. The number of para-hydroxylation sites is 1. The van der Waals surface area contributed by atoms with Crippen LogP contribution in [-0.4, -0.2) is 42.3 Å². The Morgan fingerprint density at radius 2 is 2.09 bits per heavy atom. The molecule has 0 aliphatic carbocycles. The normalized spacial score (nSPS) is 21.5. The van der Waals surface area contributed by atoms with Crippen LogP contribution in [-0.2, 0) is 21.1 Å². The van der Waals surface area contributed by atoms with Gasteiger partial charge in [-0.3, -0.25) is 10.1 Å². The largest absolute Gasteiger partial charge is 0.486 e. The Balaban J connectivity index is 2.12. The summed E-state index contributed by atoms with van der Waals surface area (Å²) in [6.07, 6.45) is 0.625. The van der Waals surface area contributed by atoms with E-state index in [4.69, 9.17) is 9.84 Å². The Bertz CT molecular complexity index is 668. The average molecular weight is 327 g/mol. The molecule has 0 amide bonds. The van der Waals surface area contributed by atoms with Gasteiger partial charge in [-0.05, 0) is 38.8 Å². The lowest BCUT2D eigenvalue weighted by molar-refractivity contribution is -0.136. The number of carboxylic acid groups (broad SMARTS) is 1. The van der Waals surface area contributed by atoms with Crippen molar-refractivity contribution in [1.82, 2.24) is 5.32 Å². The van der Waals surface area contributed by atoms with E-state index in [1.807, 2.05) is 38.1 Å². The van der Waals surface area contributed by atoms with Crippen LogP contribution in [0.5, 0.6) is 5.75 Å². The zero-order chi connectivity index (χ0) is 16.5. The molecule has 0 saturated heterocycles. The molecule has 1 aliphatic heterocycles. The maximum atomic E-state index is 12.0. The monoisotopic (exact) mass is 327 g/mol. The third-order valence-electron chi connectivity index (χ3n) is 4.03. The Labute approximate surface area is 130 Å². The van der Waals surface area contributed by atoms with Crippen LogP contribution in [0, 0.1) is 0 Å². The van der Waals surface area contributed by atoms with E-state index >= 15 is 0 Å². The van der Waals surface area contributed by atoms with Gasteiger partial charge in [0.2, 0.25) is 0 Å². The van der Waals surface area contributed by atoms with Gasteiger partial charge < -0.3 is 9.84 Å². The number of rotatable bonds is 5. The number of hydrogen-bond donors (Lipinski definition) is 2. The van der Waals surface area contributed by atoms with Gasteiger partial charge in [-0.1, -0.05) is 18.2 Å². The first-order valence-electron chi connectivity index (χ1n) is 7.08. The molecule has 22 heavy (non-hydrogen) atoms. The number of nitrogens with one attached hydrogen (secondary N) is 1. The summed E-state index contributed by atoms with van der Waals surface area (Å²) in [5.74, 6) is -0.932. The van der Waals surface area contributed by atoms with Crippen LogP contribution in [0.1, 0.15) is 26.3 Å². The van der Waals surface area contributed by atoms with Gasteiger partial charge in [0.15, 0.2) is 15.1 Å². The van der Waals surface area contributed by atoms with Gasteiger partial charge in [0, 0.05) is 0 Å². The topological polar surface area (TPSA) is 92.7 Å². The zero-order valence-corrected chi connectivity index (χ0v) is 13.7. The molecule has 1 aromatic carbocycles. The molecule has 7 heteroatoms. The van der Waals surface area contributed by atoms with E-state index in [9.17, 15) is 13.2 Å². The number of carboxylic acids is 1. The molecule has 2 atom stereocenters. The van der Waals surface area contributed by atoms with Crippen LogP contribution in [0.3, 0.4) is 0 Å². The lowest BCUT2D eigenvalue weighted by Crippen LogP contribution is -2.55. The van der Waals surface area contributed by atoms with E-state index in [0.29, 0.717) is 6.42 Å². The molecular weight excluding hydrogens is 306 g/mol. The highest BCUT2D eigenvalue weighted by Crippen LogP contribution is 2.32. The van der Waals surface area contributed by atoms with Gasteiger partial charge in [-0.15, -0.1) is 0 Å². The van der Waals surface area contributed by atoms with Gasteiger partial charge in [0.1, 0.15) is 17.2 Å². The lowest BCUT2D eigenvalue weighted by atomic mass is 9.89. The summed E-state index contributed by atoms with van der Waals surface area (Å²) in [5.41, 5.74) is 0.416. The third kappa shape index (κ3) is 3.41. The van der Waals surface area contributed by atoms with Gasteiger partial charge in [0.05, 0.1) is 6.04 Å². The minimum atomic E-state index is -3.75. The van der Waals surface area contributed by atoms with Crippen molar-refractivity contribution < 1.29 is 23.1 Å². The number of sulfone groups is 1. The maximum Gasteiger partial charge on any atom is 0.321 e. The summed E-state index contributed by atoms with van der Waals surface area (Å²) >= 11 is 0. The predicted molar refractivity (Wildman–Crippen MR) is 82.7 cm³/mol. The first-order chi connectivity index (χ1) is 10.1. The molecule has 0 fully saturated rings. The molecule has 0 radical (unpaired) electrons. The summed E-state index contributed by atoms with van der Waals surface area (Å²) in [7, 11) is -3.75. The summed E-state index contributed by atoms with van der Waals surface area (Å²) < 4.78 is 29.9. The lowest BCUT2D eigenvalue weighted by Gasteiger charge is -2.40. The summed E-state index contributed by atoms with van der Waals surface area (Å²) in [6, 6.07) is 7.39. The number of fused-ring (bicyclic) bond motifs is 1. The summed E-state index contributed by atoms with van der Waals surface area (Å²) in [6.45, 7) is 4.94. The summed E-state index contributed by atoms with van der Waals surface area (Å²) in [5, 5.41) is 10.4. The highest BCUT2D eigenvalue weighted by molar-refractivity contribution is 7.92. The molecule has 1 aliphatic rings. The molecule has 0 saturated carbocycles. The fraction of sp³-hybridized carbons (Fsp3) is 0.533. The van der Waals surface area contributed by atoms with Crippen LogP contribution in [0.2, 0.25) is 0 Å². The van der Waals surface area contributed by atoms with Gasteiger partial charge in [-0.25, -0.2) is 8.42 Å². The first kappa shape index (κ1) is 16.8. The standard InChI is InChI=1S/C15H21NO5S/c1-10(14(17)18)22(19,20)9-16-13-8-11-6-4-5-7-12(11)21-15(13,2)3/h4-7,10,13,16H,8-9H2,1-3H3,(H,17,18). The molecule has 2 unspecified atom stereocenters. The van der Waals surface area contributed by atoms with Crippen molar-refractivity contribution in [3.63, 3.8) is 0 Å². The Morgan fingerprint density at radius 1 is 1.45 bits per heavy atom. The first-order valence-corrected chi connectivity index (χ1v) is 8.80. The van der Waals surface area contributed by atoms with Gasteiger partial charge in [0.25, 0.3) is 0 Å². The number of benzene rings is 1. The Hall–Kier alpha value is -1.60. The average Bonchev–Trinajstić information content (AvgIpc) is 2.43. The predicted octanol–water partition coefficient (Wildman–Crippen LogP) is 1.20. The van der Waals surface area contributed by atoms with E-state index in [0.717, 1.165) is 11.3 Å². The van der Waals surface area contributed by atoms with Crippen LogP contribution in [0.15, 0.2) is 24.3 Å². The van der Waals surface area contributed by atoms with Crippen LogP contribution in [0.4, 0.5) is 0 Å². The second-order valence-corrected chi connectivity index (χ2v) is 8.38. The van der Waals surface area contributed by atoms with Crippen molar-refractivity contribution in [3.8, 4) is 5.75 Å². The second kappa shape index (κ2) is 5.89. The van der Waals surface area contributed by atoms with Crippen molar-refractivity contribution in [3.05, 3.63) is 29.8 Å². The van der Waals surface area contributed by atoms with E-state index in [-0.39, 0.29) is 11.9 Å². The van der Waals surface area contributed by atoms with Gasteiger partial charge in [-0.2, -0.15) is 0 Å². The molecule has 0 bridgehead atoms. The van der Waals surface area contributed by atoms with E-state index in [2.05, 4.69) is 5.32 Å². The van der Waals surface area contributed by atoms with Crippen molar-refractivity contribution >= 4 is 15.8 Å². The van der Waals surface area contributed by atoms with E-state index in [1.165, 1.54) is 6.92 Å². The molecular formula is C15H21NO5S. The summed E-state index contributed by atoms with van der Waals surface area (Å²) in [4.78, 5) is 10.9. The molecule has 0 aromatic heterocycles. The number of ether oxygens (including phenoxy) is 1. The Morgan fingerprint density at radius 3 is 2.73 bits per heavy atom. The highest BCUT2D eigenvalue weighted by atomic mass is 32.2. The van der Waals surface area contributed by atoms with Crippen molar-refractivity contribution in [2.75, 3.05) is 5.88 Å².